The van der Waals surface area contributed by atoms with Gasteiger partial charge in [-0.05, 0) is 0 Å². The first-order valence-corrected chi connectivity index (χ1v) is 8.02. The van der Waals surface area contributed by atoms with Gasteiger partial charge in [-0.3, -0.25) is 0 Å². The van der Waals surface area contributed by atoms with Crippen LogP contribution in [0.2, 0.25) is 0 Å². The van der Waals surface area contributed by atoms with Gasteiger partial charge in [0.1, 0.15) is 0 Å². The van der Waals surface area contributed by atoms with Crippen molar-refractivity contribution in [1.29, 1.82) is 0 Å². The number of benzene rings is 2. The number of carbonyl (C=O) groups is 2. The van der Waals surface area contributed by atoms with E-state index in [1.165, 1.54) is 24.3 Å². The molecule has 0 fully saturated rings. The fourth-order valence-electron chi connectivity index (χ4n) is 1.67. The topological polar surface area (TPSA) is 115 Å². The second-order valence-electron chi connectivity index (χ2n) is 4.07. The van der Waals surface area contributed by atoms with Gasteiger partial charge >= 0.3 is 129 Å². The van der Waals surface area contributed by atoms with E-state index < -0.39 is 32.9 Å². The molecule has 0 unspecified atom stereocenters. The number of hydrogen-bond acceptors (Lipinski definition) is 4. The number of phenols is 2. The van der Waals surface area contributed by atoms with Gasteiger partial charge in [0.05, 0.1) is 0 Å². The SMILES string of the molecule is O=C(O)c1cc(O)ccc1[Te]c1ccc(O)cc1C(=O)O. The van der Waals surface area contributed by atoms with Gasteiger partial charge < -0.3 is 0 Å². The maximum atomic E-state index is 11.2. The predicted molar refractivity (Wildman–Crippen MR) is 75.2 cm³/mol. The van der Waals surface area contributed by atoms with E-state index in [2.05, 4.69) is 0 Å². The van der Waals surface area contributed by atoms with Gasteiger partial charge in [-0.25, -0.2) is 0 Å². The molecule has 0 bridgehead atoms. The third kappa shape index (κ3) is 3.45. The zero-order valence-electron chi connectivity index (χ0n) is 10.5. The molecule has 2 aromatic rings. The third-order valence-corrected chi connectivity index (χ3v) is 5.89. The van der Waals surface area contributed by atoms with E-state index >= 15 is 0 Å². The number of aromatic hydroxyl groups is 2. The second-order valence-corrected chi connectivity index (χ2v) is 7.17. The number of rotatable bonds is 4. The molecule has 0 spiro atoms. The van der Waals surface area contributed by atoms with E-state index in [4.69, 9.17) is 10.2 Å². The average Bonchev–Trinajstić information content (AvgIpc) is 2.42. The van der Waals surface area contributed by atoms with E-state index in [0.29, 0.717) is 7.22 Å². The summed E-state index contributed by atoms with van der Waals surface area (Å²) in [6.45, 7) is 0. The Morgan fingerprint density at radius 1 is 0.762 bits per heavy atom. The molecule has 0 radical (unpaired) electrons. The molecule has 0 aliphatic carbocycles. The summed E-state index contributed by atoms with van der Waals surface area (Å²) >= 11 is -1.30. The number of phenolic OH excluding ortho intramolecular Hbond substituents is 2. The fraction of sp³-hybridized carbons (Fsp3) is 0. The van der Waals surface area contributed by atoms with Gasteiger partial charge in [-0.15, -0.1) is 0 Å². The van der Waals surface area contributed by atoms with Crippen LogP contribution < -0.4 is 7.22 Å². The molecule has 0 aliphatic heterocycles. The van der Waals surface area contributed by atoms with Crippen molar-refractivity contribution in [1.82, 2.24) is 0 Å². The predicted octanol–water partition coefficient (Wildman–Crippen LogP) is 0.149. The molecule has 21 heavy (non-hydrogen) atoms. The Bertz CT molecular complexity index is 664. The van der Waals surface area contributed by atoms with Crippen molar-refractivity contribution in [2.24, 2.45) is 0 Å². The van der Waals surface area contributed by atoms with Crippen LogP contribution in [0, 0.1) is 0 Å². The van der Waals surface area contributed by atoms with E-state index in [0.717, 1.165) is 12.1 Å². The zero-order chi connectivity index (χ0) is 15.6. The molecule has 0 saturated heterocycles. The maximum absolute atomic E-state index is 11.2. The van der Waals surface area contributed by atoms with E-state index in [1.54, 1.807) is 0 Å². The van der Waals surface area contributed by atoms with Gasteiger partial charge in [0.15, 0.2) is 0 Å². The number of carboxylic acid groups (broad SMARTS) is 2. The van der Waals surface area contributed by atoms with Gasteiger partial charge in [0.25, 0.3) is 0 Å². The summed E-state index contributed by atoms with van der Waals surface area (Å²) in [5.74, 6) is -2.68. The summed E-state index contributed by atoms with van der Waals surface area (Å²) in [5, 5.41) is 37.0. The number of hydrogen-bond donors (Lipinski definition) is 4. The minimum absolute atomic E-state index is 0.0400. The van der Waals surface area contributed by atoms with Crippen molar-refractivity contribution >= 4 is 40.1 Å². The molecular formula is C14H10O6Te. The number of carboxylic acids is 2. The molecule has 0 amide bonds. The van der Waals surface area contributed by atoms with Crippen molar-refractivity contribution < 1.29 is 30.0 Å². The Kier molecular flexibility index (Phi) is 4.36. The fourth-order valence-corrected chi connectivity index (χ4v) is 4.58. The molecule has 0 saturated carbocycles. The van der Waals surface area contributed by atoms with Crippen LogP contribution >= 0.6 is 0 Å². The van der Waals surface area contributed by atoms with Crippen molar-refractivity contribution in [3.05, 3.63) is 47.5 Å². The monoisotopic (exact) mass is 404 g/mol. The van der Waals surface area contributed by atoms with Crippen LogP contribution in [0.15, 0.2) is 36.4 Å². The summed E-state index contributed by atoms with van der Waals surface area (Å²) in [6, 6.07) is 7.99. The van der Waals surface area contributed by atoms with Gasteiger partial charge in [-0.2, -0.15) is 0 Å². The summed E-state index contributed by atoms with van der Waals surface area (Å²) in [6.07, 6.45) is 0. The normalized spacial score (nSPS) is 10.3. The molecule has 6 nitrogen and oxygen atoms in total. The standard InChI is InChI=1S/C14H10O6Te/c15-7-1-3-11(9(5-7)13(17)18)21-12-4-2-8(16)6-10(12)14(19)20/h1-6,15-16H,(H,17,18)(H,19,20). The number of aromatic carboxylic acids is 2. The molecular weight excluding hydrogens is 392 g/mol. The first-order valence-electron chi connectivity index (χ1n) is 5.69. The molecule has 7 heteroatoms. The summed E-state index contributed by atoms with van der Waals surface area (Å²) in [4.78, 5) is 22.4. The average molecular weight is 402 g/mol. The van der Waals surface area contributed by atoms with Crippen LogP contribution in [0.5, 0.6) is 11.5 Å². The Hall–Kier alpha value is -2.23. The van der Waals surface area contributed by atoms with E-state index in [1.807, 2.05) is 0 Å². The molecule has 0 aliphatic rings. The van der Waals surface area contributed by atoms with Gasteiger partial charge in [0.2, 0.25) is 0 Å². The van der Waals surface area contributed by atoms with Crippen LogP contribution in [0.4, 0.5) is 0 Å². The van der Waals surface area contributed by atoms with Crippen LogP contribution in [0.3, 0.4) is 0 Å². The van der Waals surface area contributed by atoms with Crippen LogP contribution in [-0.2, 0) is 0 Å². The zero-order valence-corrected chi connectivity index (χ0v) is 12.8. The molecule has 0 heterocycles. The first-order chi connectivity index (χ1) is 9.88. The third-order valence-electron chi connectivity index (χ3n) is 2.61. The van der Waals surface area contributed by atoms with Crippen molar-refractivity contribution in [3.63, 3.8) is 0 Å². The summed E-state index contributed by atoms with van der Waals surface area (Å²) in [7, 11) is 0. The Morgan fingerprint density at radius 2 is 1.14 bits per heavy atom. The van der Waals surface area contributed by atoms with Crippen LogP contribution in [-0.4, -0.2) is 53.3 Å². The van der Waals surface area contributed by atoms with Crippen molar-refractivity contribution in [3.8, 4) is 11.5 Å². The van der Waals surface area contributed by atoms with E-state index in [-0.39, 0.29) is 22.6 Å². The van der Waals surface area contributed by atoms with Gasteiger partial charge in [-0.1, -0.05) is 0 Å². The first kappa shape index (κ1) is 15.2. The molecule has 4 N–H and O–H groups in total. The molecule has 2 rings (SSSR count). The van der Waals surface area contributed by atoms with Gasteiger partial charge in [0, 0.05) is 0 Å². The molecule has 0 aromatic heterocycles. The summed E-state index contributed by atoms with van der Waals surface area (Å²) < 4.78 is 0.998. The van der Waals surface area contributed by atoms with E-state index in [9.17, 15) is 19.8 Å². The Labute approximate surface area is 129 Å². The molecule has 2 aromatic carbocycles. The van der Waals surface area contributed by atoms with Crippen molar-refractivity contribution in [2.75, 3.05) is 0 Å². The molecule has 108 valence electrons. The second kappa shape index (κ2) is 6.04. The quantitative estimate of drug-likeness (QED) is 0.542. The molecule has 0 atom stereocenters. The summed E-state index contributed by atoms with van der Waals surface area (Å²) in [5.41, 5.74) is -0.0800. The Morgan fingerprint density at radius 3 is 1.48 bits per heavy atom. The Balaban J connectivity index is 2.48. The van der Waals surface area contributed by atoms with Crippen molar-refractivity contribution in [2.45, 2.75) is 0 Å². The minimum atomic E-state index is -1.30. The van der Waals surface area contributed by atoms with Crippen LogP contribution in [0.25, 0.3) is 0 Å². The van der Waals surface area contributed by atoms with Crippen LogP contribution in [0.1, 0.15) is 20.7 Å².